The highest BCUT2D eigenvalue weighted by Gasteiger charge is 2.08. The standard InChI is InChI=1S/C22H23N3O2/c1-4-27-20-8-6-5-7-19(20)24-18-11-12-21(23-14-18)25-22(26)17-10-9-15(2)16(3)13-17/h5-14,24H,4H2,1-3H3,(H,23,25,26). The number of anilines is 3. The summed E-state index contributed by atoms with van der Waals surface area (Å²) in [6.07, 6.45) is 1.68. The molecule has 0 aliphatic rings. The second-order valence-electron chi connectivity index (χ2n) is 6.24. The smallest absolute Gasteiger partial charge is 0.256 e. The van der Waals surface area contributed by atoms with E-state index in [1.54, 1.807) is 12.3 Å². The molecule has 0 aliphatic heterocycles. The number of rotatable bonds is 6. The van der Waals surface area contributed by atoms with Crippen LogP contribution in [0.5, 0.6) is 5.75 Å². The van der Waals surface area contributed by atoms with Crippen LogP contribution < -0.4 is 15.4 Å². The van der Waals surface area contributed by atoms with E-state index in [0.29, 0.717) is 18.0 Å². The molecular weight excluding hydrogens is 338 g/mol. The van der Waals surface area contributed by atoms with Gasteiger partial charge in [0.25, 0.3) is 5.91 Å². The van der Waals surface area contributed by atoms with Crippen LogP contribution in [-0.2, 0) is 0 Å². The maximum Gasteiger partial charge on any atom is 0.256 e. The normalized spacial score (nSPS) is 10.3. The highest BCUT2D eigenvalue weighted by Crippen LogP contribution is 2.27. The largest absolute Gasteiger partial charge is 0.492 e. The Morgan fingerprint density at radius 3 is 2.56 bits per heavy atom. The maximum atomic E-state index is 12.4. The van der Waals surface area contributed by atoms with Gasteiger partial charge in [0.05, 0.1) is 24.2 Å². The van der Waals surface area contributed by atoms with Crippen LogP contribution in [0.3, 0.4) is 0 Å². The maximum absolute atomic E-state index is 12.4. The SMILES string of the molecule is CCOc1ccccc1Nc1ccc(NC(=O)c2ccc(C)c(C)c2)nc1. The Hall–Kier alpha value is -3.34. The van der Waals surface area contributed by atoms with Crippen LogP contribution in [-0.4, -0.2) is 17.5 Å². The number of amides is 1. The summed E-state index contributed by atoms with van der Waals surface area (Å²) in [6, 6.07) is 17.0. The first-order chi connectivity index (χ1) is 13.1. The van der Waals surface area contributed by atoms with Crippen LogP contribution in [0, 0.1) is 13.8 Å². The summed E-state index contributed by atoms with van der Waals surface area (Å²) in [5.41, 5.74) is 4.54. The summed E-state index contributed by atoms with van der Waals surface area (Å²) in [7, 11) is 0. The van der Waals surface area contributed by atoms with Gasteiger partial charge in [-0.25, -0.2) is 4.98 Å². The van der Waals surface area contributed by atoms with E-state index in [-0.39, 0.29) is 5.91 Å². The minimum Gasteiger partial charge on any atom is -0.492 e. The van der Waals surface area contributed by atoms with Gasteiger partial charge < -0.3 is 15.4 Å². The Morgan fingerprint density at radius 2 is 1.85 bits per heavy atom. The third kappa shape index (κ3) is 4.64. The van der Waals surface area contributed by atoms with Crippen molar-refractivity contribution in [2.75, 3.05) is 17.2 Å². The molecule has 0 saturated carbocycles. The zero-order chi connectivity index (χ0) is 19.2. The fraction of sp³-hybridized carbons (Fsp3) is 0.182. The number of nitrogens with zero attached hydrogens (tertiary/aromatic N) is 1. The third-order valence-electron chi connectivity index (χ3n) is 4.24. The molecule has 3 aromatic rings. The summed E-state index contributed by atoms with van der Waals surface area (Å²) in [5.74, 6) is 1.11. The second kappa shape index (κ2) is 8.36. The number of aromatic nitrogens is 1. The van der Waals surface area contributed by atoms with Crippen LogP contribution in [0.25, 0.3) is 0 Å². The molecule has 2 aromatic carbocycles. The van der Waals surface area contributed by atoms with Crippen LogP contribution in [0.4, 0.5) is 17.2 Å². The molecule has 0 bridgehead atoms. The van der Waals surface area contributed by atoms with Gasteiger partial charge in [0.15, 0.2) is 0 Å². The molecule has 27 heavy (non-hydrogen) atoms. The fourth-order valence-corrected chi connectivity index (χ4v) is 2.62. The molecule has 0 aliphatic carbocycles. The number of hydrogen-bond donors (Lipinski definition) is 2. The summed E-state index contributed by atoms with van der Waals surface area (Å²) in [5, 5.41) is 6.11. The van der Waals surface area contributed by atoms with Gasteiger partial charge in [0.1, 0.15) is 11.6 Å². The van der Waals surface area contributed by atoms with Crippen molar-refractivity contribution in [2.24, 2.45) is 0 Å². The Labute approximate surface area is 159 Å². The molecule has 1 heterocycles. The van der Waals surface area contributed by atoms with Crippen LogP contribution in [0.15, 0.2) is 60.8 Å². The molecule has 2 N–H and O–H groups in total. The van der Waals surface area contributed by atoms with Crippen LogP contribution in [0.2, 0.25) is 0 Å². The average Bonchev–Trinajstić information content (AvgIpc) is 2.67. The lowest BCUT2D eigenvalue weighted by molar-refractivity contribution is 0.102. The molecule has 138 valence electrons. The van der Waals surface area contributed by atoms with E-state index < -0.39 is 0 Å². The topological polar surface area (TPSA) is 63.2 Å². The molecule has 1 aromatic heterocycles. The van der Waals surface area contributed by atoms with Crippen molar-refractivity contribution >= 4 is 23.1 Å². The minimum atomic E-state index is -0.173. The number of pyridine rings is 1. The van der Waals surface area contributed by atoms with E-state index in [1.807, 2.05) is 69.3 Å². The Balaban J connectivity index is 1.68. The summed E-state index contributed by atoms with van der Waals surface area (Å²) < 4.78 is 5.61. The predicted octanol–water partition coefficient (Wildman–Crippen LogP) is 5.09. The van der Waals surface area contributed by atoms with Gasteiger partial charge in [-0.05, 0) is 68.3 Å². The van der Waals surface area contributed by atoms with E-state index in [1.165, 1.54) is 0 Å². The third-order valence-corrected chi connectivity index (χ3v) is 4.24. The first kappa shape index (κ1) is 18.5. The number of carbonyl (C=O) groups excluding carboxylic acids is 1. The van der Waals surface area contributed by atoms with Crippen molar-refractivity contribution in [3.8, 4) is 5.75 Å². The van der Waals surface area contributed by atoms with Gasteiger partial charge in [-0.15, -0.1) is 0 Å². The highest BCUT2D eigenvalue weighted by molar-refractivity contribution is 6.03. The zero-order valence-electron chi connectivity index (χ0n) is 15.7. The van der Waals surface area contributed by atoms with Crippen molar-refractivity contribution in [1.82, 2.24) is 4.98 Å². The second-order valence-corrected chi connectivity index (χ2v) is 6.24. The van der Waals surface area contributed by atoms with E-state index in [9.17, 15) is 4.79 Å². The molecule has 0 spiro atoms. The molecular formula is C22H23N3O2. The molecule has 1 amide bonds. The van der Waals surface area contributed by atoms with Gasteiger partial charge >= 0.3 is 0 Å². The van der Waals surface area contributed by atoms with E-state index in [0.717, 1.165) is 28.3 Å². The first-order valence-electron chi connectivity index (χ1n) is 8.90. The number of nitrogens with one attached hydrogen (secondary N) is 2. The van der Waals surface area contributed by atoms with Gasteiger partial charge in [0, 0.05) is 5.56 Å². The van der Waals surface area contributed by atoms with E-state index in [2.05, 4.69) is 15.6 Å². The number of benzene rings is 2. The van der Waals surface area contributed by atoms with Crippen LogP contribution in [0.1, 0.15) is 28.4 Å². The Morgan fingerprint density at radius 1 is 1.04 bits per heavy atom. The van der Waals surface area contributed by atoms with Crippen molar-refractivity contribution in [3.63, 3.8) is 0 Å². The van der Waals surface area contributed by atoms with Crippen molar-refractivity contribution in [3.05, 3.63) is 77.5 Å². The number of ether oxygens (including phenoxy) is 1. The van der Waals surface area contributed by atoms with Crippen LogP contribution >= 0.6 is 0 Å². The van der Waals surface area contributed by atoms with Gasteiger partial charge in [0.2, 0.25) is 0 Å². The lowest BCUT2D eigenvalue weighted by atomic mass is 10.1. The number of carbonyl (C=O) groups is 1. The molecule has 0 radical (unpaired) electrons. The molecule has 0 fully saturated rings. The number of aryl methyl sites for hydroxylation is 2. The summed E-state index contributed by atoms with van der Waals surface area (Å²) in [4.78, 5) is 16.7. The molecule has 0 unspecified atom stereocenters. The zero-order valence-corrected chi connectivity index (χ0v) is 15.7. The van der Waals surface area contributed by atoms with Gasteiger partial charge in [-0.1, -0.05) is 18.2 Å². The average molecular weight is 361 g/mol. The van der Waals surface area contributed by atoms with Gasteiger partial charge in [-0.3, -0.25) is 4.79 Å². The summed E-state index contributed by atoms with van der Waals surface area (Å²) >= 11 is 0. The molecule has 3 rings (SSSR count). The number of hydrogen-bond acceptors (Lipinski definition) is 4. The summed E-state index contributed by atoms with van der Waals surface area (Å²) in [6.45, 7) is 6.56. The molecule has 5 heteroatoms. The monoisotopic (exact) mass is 361 g/mol. The number of para-hydroxylation sites is 2. The van der Waals surface area contributed by atoms with E-state index in [4.69, 9.17) is 4.74 Å². The fourth-order valence-electron chi connectivity index (χ4n) is 2.62. The lowest BCUT2D eigenvalue weighted by Gasteiger charge is -2.12. The Bertz CT molecular complexity index is 937. The van der Waals surface area contributed by atoms with Crippen molar-refractivity contribution < 1.29 is 9.53 Å². The van der Waals surface area contributed by atoms with E-state index >= 15 is 0 Å². The minimum absolute atomic E-state index is 0.173. The van der Waals surface area contributed by atoms with Gasteiger partial charge in [-0.2, -0.15) is 0 Å². The molecule has 5 nitrogen and oxygen atoms in total. The quantitative estimate of drug-likeness (QED) is 0.642. The molecule has 0 saturated heterocycles. The van der Waals surface area contributed by atoms with Crippen molar-refractivity contribution in [1.29, 1.82) is 0 Å². The predicted molar refractivity (Wildman–Crippen MR) is 109 cm³/mol. The Kier molecular flexibility index (Phi) is 5.71. The lowest BCUT2D eigenvalue weighted by Crippen LogP contribution is -2.13. The highest BCUT2D eigenvalue weighted by atomic mass is 16.5. The molecule has 0 atom stereocenters. The first-order valence-corrected chi connectivity index (χ1v) is 8.90. The van der Waals surface area contributed by atoms with Crippen molar-refractivity contribution in [2.45, 2.75) is 20.8 Å².